The van der Waals surface area contributed by atoms with Crippen molar-refractivity contribution < 1.29 is 13.9 Å². The lowest BCUT2D eigenvalue weighted by atomic mass is 10.2. The number of pyridine rings is 1. The van der Waals surface area contributed by atoms with E-state index in [1.165, 1.54) is 12.1 Å². The molecule has 0 aliphatic carbocycles. The number of morpholine rings is 1. The van der Waals surface area contributed by atoms with Gasteiger partial charge in [-0.25, -0.2) is 14.2 Å². The molecule has 138 valence electrons. The molecular formula is C19H23FN4O2. The number of nitrogens with one attached hydrogen (secondary N) is 2. The van der Waals surface area contributed by atoms with E-state index in [9.17, 15) is 9.18 Å². The molecule has 6 nitrogen and oxygen atoms in total. The van der Waals surface area contributed by atoms with Crippen LogP contribution in [0, 0.1) is 12.7 Å². The van der Waals surface area contributed by atoms with E-state index in [0.717, 1.165) is 30.0 Å². The van der Waals surface area contributed by atoms with Crippen molar-refractivity contribution >= 4 is 17.5 Å². The van der Waals surface area contributed by atoms with E-state index < -0.39 is 0 Å². The molecule has 1 aliphatic rings. The number of anilines is 2. The molecule has 1 saturated heterocycles. The second-order valence-electron chi connectivity index (χ2n) is 6.42. The van der Waals surface area contributed by atoms with Crippen LogP contribution in [-0.4, -0.2) is 36.8 Å². The first-order chi connectivity index (χ1) is 12.5. The van der Waals surface area contributed by atoms with Gasteiger partial charge in [-0.15, -0.1) is 0 Å². The van der Waals surface area contributed by atoms with Crippen LogP contribution in [0.3, 0.4) is 0 Å². The van der Waals surface area contributed by atoms with Crippen molar-refractivity contribution in [2.24, 2.45) is 0 Å². The average Bonchev–Trinajstić information content (AvgIpc) is 2.63. The van der Waals surface area contributed by atoms with Crippen molar-refractivity contribution in [3.63, 3.8) is 0 Å². The highest BCUT2D eigenvalue weighted by molar-refractivity contribution is 5.90. The predicted molar refractivity (Wildman–Crippen MR) is 98.9 cm³/mol. The molecule has 1 atom stereocenters. The molecule has 1 aromatic heterocycles. The number of amides is 2. The minimum atomic E-state index is -0.386. The summed E-state index contributed by atoms with van der Waals surface area (Å²) in [6, 6.07) is 7.79. The molecule has 26 heavy (non-hydrogen) atoms. The van der Waals surface area contributed by atoms with Crippen molar-refractivity contribution in [1.82, 2.24) is 10.3 Å². The first-order valence-corrected chi connectivity index (χ1v) is 8.64. The predicted octanol–water partition coefficient (Wildman–Crippen LogP) is 3.08. The molecule has 2 N–H and O–H groups in total. The lowest BCUT2D eigenvalue weighted by Crippen LogP contribution is -2.41. The van der Waals surface area contributed by atoms with Gasteiger partial charge in [-0.2, -0.15) is 0 Å². The number of rotatable bonds is 4. The number of urea groups is 1. The van der Waals surface area contributed by atoms with Crippen molar-refractivity contribution in [1.29, 1.82) is 0 Å². The second kappa shape index (κ2) is 8.14. The van der Waals surface area contributed by atoms with Crippen molar-refractivity contribution in [2.75, 3.05) is 29.9 Å². The van der Waals surface area contributed by atoms with Gasteiger partial charge in [0.2, 0.25) is 0 Å². The van der Waals surface area contributed by atoms with Crippen LogP contribution in [0.1, 0.15) is 18.1 Å². The van der Waals surface area contributed by atoms with E-state index >= 15 is 0 Å². The van der Waals surface area contributed by atoms with Crippen LogP contribution in [0.2, 0.25) is 0 Å². The maximum Gasteiger partial charge on any atom is 0.319 e. The van der Waals surface area contributed by atoms with Gasteiger partial charge in [0.05, 0.1) is 12.7 Å². The Morgan fingerprint density at radius 3 is 2.96 bits per heavy atom. The number of hydrogen-bond donors (Lipinski definition) is 2. The zero-order chi connectivity index (χ0) is 18.5. The SMILES string of the molecule is Cc1ccc(F)cc1NC(=O)NCc1ccc(N2CCOC(C)C2)nc1. The molecule has 2 aromatic rings. The summed E-state index contributed by atoms with van der Waals surface area (Å²) in [6.45, 7) is 6.54. The maximum atomic E-state index is 13.3. The van der Waals surface area contributed by atoms with Crippen molar-refractivity contribution in [3.8, 4) is 0 Å². The molecule has 0 saturated carbocycles. The number of aryl methyl sites for hydroxylation is 1. The van der Waals surface area contributed by atoms with Crippen molar-refractivity contribution in [2.45, 2.75) is 26.5 Å². The van der Waals surface area contributed by atoms with Gasteiger partial charge in [0.25, 0.3) is 0 Å². The summed E-state index contributed by atoms with van der Waals surface area (Å²) in [5, 5.41) is 5.41. The van der Waals surface area contributed by atoms with Crippen LogP contribution >= 0.6 is 0 Å². The van der Waals surface area contributed by atoms with E-state index in [-0.39, 0.29) is 18.0 Å². The van der Waals surface area contributed by atoms with E-state index in [1.807, 2.05) is 26.0 Å². The molecule has 1 fully saturated rings. The number of aromatic nitrogens is 1. The molecular weight excluding hydrogens is 335 g/mol. The van der Waals surface area contributed by atoms with E-state index in [1.54, 1.807) is 12.3 Å². The summed E-state index contributed by atoms with van der Waals surface area (Å²) in [6.07, 6.45) is 1.95. The van der Waals surface area contributed by atoms with E-state index in [4.69, 9.17) is 4.74 Å². The van der Waals surface area contributed by atoms with E-state index in [0.29, 0.717) is 18.8 Å². The molecule has 0 radical (unpaired) electrons. The van der Waals surface area contributed by atoms with Gasteiger partial charge in [-0.3, -0.25) is 0 Å². The summed E-state index contributed by atoms with van der Waals surface area (Å²) in [5.74, 6) is 0.520. The summed E-state index contributed by atoms with van der Waals surface area (Å²) >= 11 is 0. The first kappa shape index (κ1) is 18.1. The highest BCUT2D eigenvalue weighted by Crippen LogP contribution is 2.17. The Labute approximate surface area is 152 Å². The number of carbonyl (C=O) groups is 1. The Bertz CT molecular complexity index is 767. The number of benzene rings is 1. The summed E-state index contributed by atoms with van der Waals surface area (Å²) in [5.41, 5.74) is 2.14. The van der Waals surface area contributed by atoms with Crippen molar-refractivity contribution in [3.05, 3.63) is 53.5 Å². The van der Waals surface area contributed by atoms with Gasteiger partial charge < -0.3 is 20.3 Å². The quantitative estimate of drug-likeness (QED) is 0.881. The summed E-state index contributed by atoms with van der Waals surface area (Å²) in [4.78, 5) is 18.7. The number of hydrogen-bond acceptors (Lipinski definition) is 4. The average molecular weight is 358 g/mol. The Kier molecular flexibility index (Phi) is 5.68. The fourth-order valence-corrected chi connectivity index (χ4v) is 2.81. The molecule has 1 aromatic carbocycles. The number of halogens is 1. The normalized spacial score (nSPS) is 17.0. The zero-order valence-electron chi connectivity index (χ0n) is 15.0. The van der Waals surface area contributed by atoms with Gasteiger partial charge in [0.15, 0.2) is 0 Å². The Balaban J connectivity index is 1.53. The van der Waals surface area contributed by atoms with Crippen LogP contribution in [0.5, 0.6) is 0 Å². The lowest BCUT2D eigenvalue weighted by molar-refractivity contribution is 0.0529. The standard InChI is InChI=1S/C19H23FN4O2/c1-13-3-5-16(20)9-17(13)23-19(25)22-11-15-4-6-18(21-10-15)24-7-8-26-14(2)12-24/h3-6,9-10,14H,7-8,11-12H2,1-2H3,(H2,22,23,25). The number of ether oxygens (including phenoxy) is 1. The molecule has 2 heterocycles. The molecule has 7 heteroatoms. The summed E-state index contributed by atoms with van der Waals surface area (Å²) < 4.78 is 18.8. The molecule has 1 unspecified atom stereocenters. The van der Waals surface area contributed by atoms with Gasteiger partial charge in [-0.1, -0.05) is 12.1 Å². The highest BCUT2D eigenvalue weighted by atomic mass is 19.1. The fraction of sp³-hybridized carbons (Fsp3) is 0.368. The number of nitrogens with zero attached hydrogens (tertiary/aromatic N) is 2. The summed E-state index contributed by atoms with van der Waals surface area (Å²) in [7, 11) is 0. The topological polar surface area (TPSA) is 66.5 Å². The van der Waals surface area contributed by atoms with E-state index in [2.05, 4.69) is 20.5 Å². The maximum absolute atomic E-state index is 13.3. The largest absolute Gasteiger partial charge is 0.375 e. The van der Waals surface area contributed by atoms with Gasteiger partial charge >= 0.3 is 6.03 Å². The third-order valence-corrected chi connectivity index (χ3v) is 4.28. The highest BCUT2D eigenvalue weighted by Gasteiger charge is 2.17. The number of carbonyl (C=O) groups excluding carboxylic acids is 1. The smallest absolute Gasteiger partial charge is 0.319 e. The van der Waals surface area contributed by atoms with Crippen LogP contribution in [-0.2, 0) is 11.3 Å². The zero-order valence-corrected chi connectivity index (χ0v) is 15.0. The third-order valence-electron chi connectivity index (χ3n) is 4.28. The molecule has 0 spiro atoms. The van der Waals surface area contributed by atoms with Gasteiger partial charge in [0, 0.05) is 31.5 Å². The lowest BCUT2D eigenvalue weighted by Gasteiger charge is -2.32. The molecule has 3 rings (SSSR count). The minimum absolute atomic E-state index is 0.196. The van der Waals surface area contributed by atoms with Crippen LogP contribution in [0.25, 0.3) is 0 Å². The molecule has 1 aliphatic heterocycles. The third kappa shape index (κ3) is 4.70. The second-order valence-corrected chi connectivity index (χ2v) is 6.42. The van der Waals surface area contributed by atoms with Crippen LogP contribution < -0.4 is 15.5 Å². The van der Waals surface area contributed by atoms with Crippen LogP contribution in [0.4, 0.5) is 20.7 Å². The van der Waals surface area contributed by atoms with Crippen LogP contribution in [0.15, 0.2) is 36.5 Å². The molecule has 0 bridgehead atoms. The first-order valence-electron chi connectivity index (χ1n) is 8.64. The fourth-order valence-electron chi connectivity index (χ4n) is 2.81. The Hall–Kier alpha value is -2.67. The van der Waals surface area contributed by atoms with Gasteiger partial charge in [-0.05, 0) is 43.2 Å². The Morgan fingerprint density at radius 1 is 1.38 bits per heavy atom. The van der Waals surface area contributed by atoms with Gasteiger partial charge in [0.1, 0.15) is 11.6 Å². The minimum Gasteiger partial charge on any atom is -0.375 e. The molecule has 2 amide bonds. The monoisotopic (exact) mass is 358 g/mol. The Morgan fingerprint density at radius 2 is 2.23 bits per heavy atom.